The summed E-state index contributed by atoms with van der Waals surface area (Å²) < 4.78 is 10.9. The van der Waals surface area contributed by atoms with Gasteiger partial charge >= 0.3 is 0 Å². The van der Waals surface area contributed by atoms with E-state index in [1.807, 2.05) is 30.0 Å². The molecule has 3 heterocycles. The van der Waals surface area contributed by atoms with Crippen molar-refractivity contribution in [3.05, 3.63) is 65.5 Å². The van der Waals surface area contributed by atoms with Gasteiger partial charge in [0.1, 0.15) is 23.4 Å². The molecule has 3 aromatic rings. The normalized spacial score (nSPS) is 17.1. The maximum atomic E-state index is 13.4. The molecular weight excluding hydrogens is 408 g/mol. The van der Waals surface area contributed by atoms with E-state index in [2.05, 4.69) is 25.1 Å². The minimum Gasteiger partial charge on any atom is -0.497 e. The summed E-state index contributed by atoms with van der Waals surface area (Å²) in [4.78, 5) is 26.1. The largest absolute Gasteiger partial charge is 0.497 e. The zero-order chi connectivity index (χ0) is 22.5. The highest BCUT2D eigenvalue weighted by Gasteiger charge is 2.33. The van der Waals surface area contributed by atoms with Gasteiger partial charge in [0, 0.05) is 55.8 Å². The smallest absolute Gasteiger partial charge is 0.254 e. The Bertz CT molecular complexity index is 1050. The molecule has 32 heavy (non-hydrogen) atoms. The Hall–Kier alpha value is -3.46. The molecule has 0 aliphatic carbocycles. The number of amides is 1. The van der Waals surface area contributed by atoms with Crippen LogP contribution in [0.15, 0.2) is 42.7 Å². The average Bonchev–Trinajstić information content (AvgIpc) is 3.15. The molecule has 0 radical (unpaired) electrons. The summed E-state index contributed by atoms with van der Waals surface area (Å²) in [6, 6.07) is 9.07. The lowest BCUT2D eigenvalue weighted by Gasteiger charge is -2.30. The number of methoxy groups -OCH3 is 2. The topological polar surface area (TPSA) is 96.5 Å². The molecule has 1 amide bonds. The molecule has 1 aliphatic rings. The number of pyridine rings is 1. The molecule has 9 nitrogen and oxygen atoms in total. The lowest BCUT2D eigenvalue weighted by molar-refractivity contribution is 0.0663. The summed E-state index contributed by atoms with van der Waals surface area (Å²) in [6.45, 7) is 4.63. The average molecular weight is 437 g/mol. The Morgan fingerprint density at radius 2 is 1.97 bits per heavy atom. The number of hydrogen-bond donors (Lipinski definition) is 1. The van der Waals surface area contributed by atoms with Crippen LogP contribution >= 0.6 is 0 Å². The van der Waals surface area contributed by atoms with Crippen LogP contribution in [0.2, 0.25) is 0 Å². The molecule has 9 heteroatoms. The van der Waals surface area contributed by atoms with Crippen molar-refractivity contribution in [3.63, 3.8) is 0 Å². The summed E-state index contributed by atoms with van der Waals surface area (Å²) >= 11 is 0. The molecule has 1 saturated heterocycles. The van der Waals surface area contributed by atoms with Crippen LogP contribution in [-0.4, -0.2) is 69.7 Å². The third-order valence-corrected chi connectivity index (χ3v) is 5.67. The Morgan fingerprint density at radius 3 is 2.66 bits per heavy atom. The van der Waals surface area contributed by atoms with Gasteiger partial charge < -0.3 is 14.4 Å². The van der Waals surface area contributed by atoms with Crippen LogP contribution < -0.4 is 9.47 Å². The fourth-order valence-electron chi connectivity index (χ4n) is 4.06. The number of H-pyrrole nitrogens is 1. The Labute approximate surface area is 187 Å². The zero-order valence-electron chi connectivity index (χ0n) is 18.6. The summed E-state index contributed by atoms with van der Waals surface area (Å²) in [5.41, 5.74) is 1.68. The first-order valence-corrected chi connectivity index (χ1v) is 10.6. The second kappa shape index (κ2) is 9.78. The summed E-state index contributed by atoms with van der Waals surface area (Å²) in [7, 11) is 3.30. The fourth-order valence-corrected chi connectivity index (χ4v) is 4.06. The van der Waals surface area contributed by atoms with E-state index in [0.29, 0.717) is 31.0 Å². The minimum absolute atomic E-state index is 0.0382. The van der Waals surface area contributed by atoms with Crippen LogP contribution in [-0.2, 0) is 6.54 Å². The van der Waals surface area contributed by atoms with Gasteiger partial charge in [-0.05, 0) is 31.5 Å². The molecule has 2 aromatic heterocycles. The number of nitrogens with one attached hydrogen (secondary N) is 1. The molecule has 0 bridgehead atoms. The van der Waals surface area contributed by atoms with Crippen molar-refractivity contribution in [3.8, 4) is 11.5 Å². The molecule has 0 saturated carbocycles. The van der Waals surface area contributed by atoms with Gasteiger partial charge in [-0.3, -0.25) is 19.8 Å². The Morgan fingerprint density at radius 1 is 1.16 bits per heavy atom. The summed E-state index contributed by atoms with van der Waals surface area (Å²) in [6.07, 6.45) is 4.12. The van der Waals surface area contributed by atoms with E-state index in [4.69, 9.17) is 9.47 Å². The number of benzene rings is 1. The van der Waals surface area contributed by atoms with E-state index in [1.54, 1.807) is 38.7 Å². The van der Waals surface area contributed by atoms with Crippen LogP contribution in [0.4, 0.5) is 0 Å². The third-order valence-electron chi connectivity index (χ3n) is 5.67. The van der Waals surface area contributed by atoms with Gasteiger partial charge in [0.25, 0.3) is 5.91 Å². The molecule has 4 rings (SSSR count). The van der Waals surface area contributed by atoms with E-state index in [0.717, 1.165) is 35.9 Å². The van der Waals surface area contributed by atoms with Crippen molar-refractivity contribution in [1.82, 2.24) is 30.0 Å². The SMILES string of the molecule is COc1ccc(CN2CCCN(C(=O)c3ccncc3)[C@H](c3n[nH]c(C)n3)C2)c(OC)c1. The number of carbonyl (C=O) groups excluding carboxylic acids is 1. The molecule has 1 atom stereocenters. The number of aryl methyl sites for hydroxylation is 1. The predicted molar refractivity (Wildman–Crippen MR) is 119 cm³/mol. The van der Waals surface area contributed by atoms with E-state index >= 15 is 0 Å². The van der Waals surface area contributed by atoms with Gasteiger partial charge in [-0.2, -0.15) is 5.10 Å². The first kappa shape index (κ1) is 21.8. The van der Waals surface area contributed by atoms with Crippen molar-refractivity contribution in [1.29, 1.82) is 0 Å². The number of ether oxygens (including phenoxy) is 2. The standard InChI is InChI=1S/C23H28N6O3/c1-16-25-22(27-26-16)20-15-28(14-18-5-6-19(31-2)13-21(18)32-3)11-4-12-29(20)23(30)17-7-9-24-10-8-17/h5-10,13,20H,4,11-12,14-15H2,1-3H3,(H,25,26,27)/t20-/m0/s1. The number of nitrogens with zero attached hydrogens (tertiary/aromatic N) is 5. The van der Waals surface area contributed by atoms with Gasteiger partial charge in [-0.1, -0.05) is 6.07 Å². The highest BCUT2D eigenvalue weighted by Crippen LogP contribution is 2.29. The van der Waals surface area contributed by atoms with Crippen LogP contribution in [0.3, 0.4) is 0 Å². The monoisotopic (exact) mass is 436 g/mol. The van der Waals surface area contributed by atoms with Gasteiger partial charge in [0.15, 0.2) is 5.82 Å². The maximum Gasteiger partial charge on any atom is 0.254 e. The van der Waals surface area contributed by atoms with Crippen molar-refractivity contribution < 1.29 is 14.3 Å². The second-order valence-corrected chi connectivity index (χ2v) is 7.80. The van der Waals surface area contributed by atoms with Crippen LogP contribution in [0.1, 0.15) is 40.0 Å². The third kappa shape index (κ3) is 4.72. The fraction of sp³-hybridized carbons (Fsp3) is 0.391. The van der Waals surface area contributed by atoms with E-state index in [1.165, 1.54) is 0 Å². The first-order chi connectivity index (χ1) is 15.6. The summed E-state index contributed by atoms with van der Waals surface area (Å²) in [5.74, 6) is 2.85. The number of rotatable bonds is 6. The van der Waals surface area contributed by atoms with Crippen molar-refractivity contribution in [2.24, 2.45) is 0 Å². The zero-order valence-corrected chi connectivity index (χ0v) is 18.6. The number of aromatic amines is 1. The van der Waals surface area contributed by atoms with Crippen LogP contribution in [0, 0.1) is 6.92 Å². The van der Waals surface area contributed by atoms with Crippen molar-refractivity contribution >= 4 is 5.91 Å². The molecule has 1 N–H and O–H groups in total. The molecule has 1 aliphatic heterocycles. The predicted octanol–water partition coefficient (Wildman–Crippen LogP) is 2.61. The number of hydrogen-bond acceptors (Lipinski definition) is 7. The maximum absolute atomic E-state index is 13.4. The molecular formula is C23H28N6O3. The lowest BCUT2D eigenvalue weighted by Crippen LogP contribution is -2.39. The van der Waals surface area contributed by atoms with Gasteiger partial charge in [0.2, 0.25) is 0 Å². The molecule has 0 unspecified atom stereocenters. The first-order valence-electron chi connectivity index (χ1n) is 10.6. The van der Waals surface area contributed by atoms with E-state index < -0.39 is 0 Å². The number of carbonyl (C=O) groups is 1. The van der Waals surface area contributed by atoms with E-state index in [9.17, 15) is 4.79 Å². The van der Waals surface area contributed by atoms with E-state index in [-0.39, 0.29) is 11.9 Å². The van der Waals surface area contributed by atoms with Crippen LogP contribution in [0.5, 0.6) is 11.5 Å². The van der Waals surface area contributed by atoms with Crippen molar-refractivity contribution in [2.75, 3.05) is 33.9 Å². The minimum atomic E-state index is -0.271. The summed E-state index contributed by atoms with van der Waals surface area (Å²) in [5, 5.41) is 7.31. The Balaban J connectivity index is 1.61. The Kier molecular flexibility index (Phi) is 6.65. The van der Waals surface area contributed by atoms with Crippen LogP contribution in [0.25, 0.3) is 0 Å². The lowest BCUT2D eigenvalue weighted by atomic mass is 10.1. The quantitative estimate of drug-likeness (QED) is 0.634. The second-order valence-electron chi connectivity index (χ2n) is 7.80. The number of aromatic nitrogens is 4. The van der Waals surface area contributed by atoms with Gasteiger partial charge in [-0.15, -0.1) is 0 Å². The van der Waals surface area contributed by atoms with Crippen molar-refractivity contribution in [2.45, 2.75) is 25.9 Å². The highest BCUT2D eigenvalue weighted by molar-refractivity contribution is 5.94. The van der Waals surface area contributed by atoms with Gasteiger partial charge in [0.05, 0.1) is 14.2 Å². The molecule has 1 fully saturated rings. The van der Waals surface area contributed by atoms with Gasteiger partial charge in [-0.25, -0.2) is 4.98 Å². The highest BCUT2D eigenvalue weighted by atomic mass is 16.5. The molecule has 1 aromatic carbocycles. The molecule has 168 valence electrons. The molecule has 0 spiro atoms.